The van der Waals surface area contributed by atoms with Gasteiger partial charge in [0.15, 0.2) is 0 Å². The lowest BCUT2D eigenvalue weighted by Gasteiger charge is -2.17. The molecule has 0 aliphatic carbocycles. The Balaban J connectivity index is 2.45. The van der Waals surface area contributed by atoms with E-state index in [0.29, 0.717) is 24.3 Å². The number of amides is 1. The fourth-order valence-electron chi connectivity index (χ4n) is 2.00. The first-order valence-electron chi connectivity index (χ1n) is 6.15. The Labute approximate surface area is 116 Å². The number of rotatable bonds is 4. The fraction of sp³-hybridized carbons (Fsp3) is 0.214. The number of fused-ring (bicyclic) bond motifs is 1. The molecule has 102 valence electrons. The molecule has 3 N–H and O–H groups in total. The van der Waals surface area contributed by atoms with E-state index in [2.05, 4.69) is 10.4 Å². The summed E-state index contributed by atoms with van der Waals surface area (Å²) >= 11 is 0. The summed E-state index contributed by atoms with van der Waals surface area (Å²) in [6.45, 7) is 0.389. The summed E-state index contributed by atoms with van der Waals surface area (Å²) in [6.07, 6.45) is 1.80. The predicted molar refractivity (Wildman–Crippen MR) is 76.7 cm³/mol. The number of carbonyl (C=O) groups is 1. The van der Waals surface area contributed by atoms with Crippen molar-refractivity contribution in [3.05, 3.63) is 36.0 Å². The average Bonchev–Trinajstić information content (AvgIpc) is 2.50. The molecule has 20 heavy (non-hydrogen) atoms. The van der Waals surface area contributed by atoms with Gasteiger partial charge in [-0.2, -0.15) is 5.26 Å². The van der Waals surface area contributed by atoms with Crippen molar-refractivity contribution in [3.8, 4) is 6.07 Å². The molecule has 0 aliphatic rings. The fourth-order valence-corrected chi connectivity index (χ4v) is 2.00. The van der Waals surface area contributed by atoms with Crippen molar-refractivity contribution >= 4 is 22.5 Å². The average molecular weight is 269 g/mol. The summed E-state index contributed by atoms with van der Waals surface area (Å²) in [6, 6.07) is 9.44. The molecule has 2 aromatic rings. The van der Waals surface area contributed by atoms with Crippen LogP contribution in [-0.4, -0.2) is 29.4 Å². The number of benzene rings is 1. The lowest BCUT2D eigenvalue weighted by Crippen LogP contribution is -2.28. The Bertz CT molecular complexity index is 677. The maximum atomic E-state index is 12.4. The van der Waals surface area contributed by atoms with Crippen LogP contribution >= 0.6 is 0 Å². The molecule has 0 spiro atoms. The highest BCUT2D eigenvalue weighted by atomic mass is 16.2. The number of hydrazine groups is 1. The Morgan fingerprint density at radius 3 is 2.80 bits per heavy atom. The van der Waals surface area contributed by atoms with Crippen molar-refractivity contribution < 1.29 is 4.79 Å². The quantitative estimate of drug-likeness (QED) is 0.648. The SMILES string of the molecule is CN(CCC#N)C(=O)c1cnc(NN)c2ccccc12. The molecule has 1 amide bonds. The van der Waals surface area contributed by atoms with Crippen LogP contribution in [0, 0.1) is 11.3 Å². The number of nitrogens with zero attached hydrogens (tertiary/aromatic N) is 3. The number of nitrogen functional groups attached to an aromatic ring is 1. The maximum absolute atomic E-state index is 12.4. The molecular formula is C14H15N5O. The van der Waals surface area contributed by atoms with Gasteiger partial charge in [-0.05, 0) is 5.39 Å². The molecule has 0 fully saturated rings. The Hall–Kier alpha value is -2.65. The number of nitriles is 1. The van der Waals surface area contributed by atoms with Gasteiger partial charge in [0, 0.05) is 25.2 Å². The van der Waals surface area contributed by atoms with Crippen molar-refractivity contribution in [2.24, 2.45) is 5.84 Å². The third-order valence-electron chi connectivity index (χ3n) is 3.07. The highest BCUT2D eigenvalue weighted by Crippen LogP contribution is 2.24. The van der Waals surface area contributed by atoms with E-state index in [1.807, 2.05) is 30.3 Å². The second-order valence-corrected chi connectivity index (χ2v) is 4.35. The van der Waals surface area contributed by atoms with Gasteiger partial charge in [0.05, 0.1) is 18.1 Å². The van der Waals surface area contributed by atoms with Crippen LogP contribution in [0.5, 0.6) is 0 Å². The van der Waals surface area contributed by atoms with Crippen LogP contribution in [0.2, 0.25) is 0 Å². The Kier molecular flexibility index (Phi) is 4.13. The second-order valence-electron chi connectivity index (χ2n) is 4.35. The highest BCUT2D eigenvalue weighted by molar-refractivity contribution is 6.09. The first kappa shape index (κ1) is 13.8. The van der Waals surface area contributed by atoms with Crippen molar-refractivity contribution in [3.63, 3.8) is 0 Å². The van der Waals surface area contributed by atoms with Gasteiger partial charge in [-0.3, -0.25) is 4.79 Å². The van der Waals surface area contributed by atoms with Crippen LogP contribution in [0.25, 0.3) is 10.8 Å². The molecule has 0 bridgehead atoms. The number of hydrogen-bond acceptors (Lipinski definition) is 5. The smallest absolute Gasteiger partial charge is 0.255 e. The lowest BCUT2D eigenvalue weighted by atomic mass is 10.1. The predicted octanol–water partition coefficient (Wildman–Crippen LogP) is 1.51. The third-order valence-corrected chi connectivity index (χ3v) is 3.07. The number of hydrogen-bond donors (Lipinski definition) is 2. The van der Waals surface area contributed by atoms with E-state index in [1.54, 1.807) is 7.05 Å². The molecule has 1 heterocycles. The van der Waals surface area contributed by atoms with Gasteiger partial charge in [0.2, 0.25) is 0 Å². The summed E-state index contributed by atoms with van der Waals surface area (Å²) in [5.74, 6) is 5.79. The molecule has 0 aliphatic heterocycles. The van der Waals surface area contributed by atoms with Crippen LogP contribution in [0.15, 0.2) is 30.5 Å². The monoisotopic (exact) mass is 269 g/mol. The molecule has 0 saturated carbocycles. The third kappa shape index (κ3) is 2.53. The first-order valence-corrected chi connectivity index (χ1v) is 6.15. The van der Waals surface area contributed by atoms with Gasteiger partial charge in [-0.1, -0.05) is 24.3 Å². The van der Waals surface area contributed by atoms with Crippen LogP contribution in [0.1, 0.15) is 16.8 Å². The molecule has 0 atom stereocenters. The normalized spacial score (nSPS) is 10.1. The van der Waals surface area contributed by atoms with Crippen LogP contribution < -0.4 is 11.3 Å². The number of anilines is 1. The van der Waals surface area contributed by atoms with E-state index in [4.69, 9.17) is 11.1 Å². The van der Waals surface area contributed by atoms with Crippen molar-refractivity contribution in [2.45, 2.75) is 6.42 Å². The van der Waals surface area contributed by atoms with Crippen LogP contribution in [0.3, 0.4) is 0 Å². The van der Waals surface area contributed by atoms with E-state index in [1.165, 1.54) is 11.1 Å². The van der Waals surface area contributed by atoms with E-state index in [0.717, 1.165) is 10.8 Å². The van der Waals surface area contributed by atoms with Crippen molar-refractivity contribution in [2.75, 3.05) is 19.0 Å². The molecule has 0 radical (unpaired) electrons. The summed E-state index contributed by atoms with van der Waals surface area (Å²) in [5.41, 5.74) is 3.02. The zero-order valence-corrected chi connectivity index (χ0v) is 11.1. The summed E-state index contributed by atoms with van der Waals surface area (Å²) < 4.78 is 0. The molecule has 2 rings (SSSR count). The van der Waals surface area contributed by atoms with Gasteiger partial charge >= 0.3 is 0 Å². The van der Waals surface area contributed by atoms with Crippen molar-refractivity contribution in [1.29, 1.82) is 5.26 Å². The Morgan fingerprint density at radius 2 is 2.15 bits per heavy atom. The summed E-state index contributed by atoms with van der Waals surface area (Å²) in [7, 11) is 1.67. The van der Waals surface area contributed by atoms with Crippen LogP contribution in [0.4, 0.5) is 5.82 Å². The number of carbonyl (C=O) groups excluding carboxylic acids is 1. The van der Waals surface area contributed by atoms with E-state index in [9.17, 15) is 4.79 Å². The number of pyridine rings is 1. The Morgan fingerprint density at radius 1 is 1.45 bits per heavy atom. The van der Waals surface area contributed by atoms with E-state index in [-0.39, 0.29) is 5.91 Å². The van der Waals surface area contributed by atoms with Crippen LogP contribution in [-0.2, 0) is 0 Å². The van der Waals surface area contributed by atoms with Crippen molar-refractivity contribution in [1.82, 2.24) is 9.88 Å². The molecular weight excluding hydrogens is 254 g/mol. The van der Waals surface area contributed by atoms with E-state index >= 15 is 0 Å². The van der Waals surface area contributed by atoms with Gasteiger partial charge in [-0.15, -0.1) is 0 Å². The van der Waals surface area contributed by atoms with Gasteiger partial charge < -0.3 is 10.3 Å². The van der Waals surface area contributed by atoms with Gasteiger partial charge in [0.25, 0.3) is 5.91 Å². The first-order chi connectivity index (χ1) is 9.69. The largest absolute Gasteiger partial charge is 0.341 e. The minimum absolute atomic E-state index is 0.160. The number of aromatic nitrogens is 1. The molecule has 6 heteroatoms. The zero-order valence-electron chi connectivity index (χ0n) is 11.1. The van der Waals surface area contributed by atoms with Gasteiger partial charge in [0.1, 0.15) is 5.82 Å². The summed E-state index contributed by atoms with van der Waals surface area (Å²) in [4.78, 5) is 18.1. The molecule has 1 aromatic carbocycles. The second kappa shape index (κ2) is 5.99. The molecule has 6 nitrogen and oxygen atoms in total. The summed E-state index contributed by atoms with van der Waals surface area (Å²) in [5, 5.41) is 10.2. The highest BCUT2D eigenvalue weighted by Gasteiger charge is 2.16. The maximum Gasteiger partial charge on any atom is 0.255 e. The van der Waals surface area contributed by atoms with E-state index < -0.39 is 0 Å². The number of nitrogens with two attached hydrogens (primary N) is 1. The molecule has 0 saturated heterocycles. The molecule has 1 aromatic heterocycles. The lowest BCUT2D eigenvalue weighted by molar-refractivity contribution is 0.0799. The topological polar surface area (TPSA) is 95.0 Å². The minimum Gasteiger partial charge on any atom is -0.341 e. The molecule has 0 unspecified atom stereocenters. The zero-order chi connectivity index (χ0) is 14.5. The number of nitrogens with one attached hydrogen (secondary N) is 1. The minimum atomic E-state index is -0.160. The van der Waals surface area contributed by atoms with Gasteiger partial charge in [-0.25, -0.2) is 10.8 Å². The standard InChI is InChI=1S/C14H15N5O/c1-19(8-4-7-15)14(20)12-9-17-13(18-16)11-6-3-2-5-10(11)12/h2-3,5-6,9H,4,8,16H2,1H3,(H,17,18).